The van der Waals surface area contributed by atoms with Crippen molar-refractivity contribution in [3.05, 3.63) is 96.5 Å². The third kappa shape index (κ3) is 4.92. The predicted octanol–water partition coefficient (Wildman–Crippen LogP) is 4.21. The van der Waals surface area contributed by atoms with Crippen molar-refractivity contribution >= 4 is 57.3 Å². The first-order valence-electron chi connectivity index (χ1n) is 9.44. The summed E-state index contributed by atoms with van der Waals surface area (Å²) in [7, 11) is 0. The number of halogens is 2. The van der Waals surface area contributed by atoms with Crippen molar-refractivity contribution in [1.82, 2.24) is 20.3 Å². The third-order valence-electron chi connectivity index (χ3n) is 4.59. The van der Waals surface area contributed by atoms with E-state index in [4.69, 9.17) is 23.2 Å². The Bertz CT molecular complexity index is 1440. The standard InChI is InChI=1S/C21H14Cl2N6O4/c22-16-5-4-11(7-17(16)23)26-21-27-18-14(19(30)25-10-12-3-1-2-6-24-12)8-13(29(32)33)9-15(18)20(31)28-21/h1-9H,10H2,(H,25,30)(H2,26,27,28,31). The summed E-state index contributed by atoms with van der Waals surface area (Å²) in [6.45, 7) is 0.0848. The molecule has 10 nitrogen and oxygen atoms in total. The highest BCUT2D eigenvalue weighted by Gasteiger charge is 2.20. The average Bonchev–Trinajstić information content (AvgIpc) is 2.80. The Balaban J connectivity index is 1.75. The molecule has 0 aliphatic carbocycles. The number of hydrogen-bond acceptors (Lipinski definition) is 7. The molecule has 2 heterocycles. The summed E-state index contributed by atoms with van der Waals surface area (Å²) >= 11 is 11.9. The average molecular weight is 485 g/mol. The topological polar surface area (TPSA) is 143 Å². The number of non-ortho nitro benzene ring substituents is 1. The molecule has 0 radical (unpaired) electrons. The lowest BCUT2D eigenvalue weighted by atomic mass is 10.1. The lowest BCUT2D eigenvalue weighted by Gasteiger charge is -2.10. The van der Waals surface area contributed by atoms with Crippen LogP contribution >= 0.6 is 23.2 Å². The molecule has 33 heavy (non-hydrogen) atoms. The number of hydrogen-bond donors (Lipinski definition) is 3. The van der Waals surface area contributed by atoms with Crippen LogP contribution in [0.1, 0.15) is 16.1 Å². The van der Waals surface area contributed by atoms with Crippen LogP contribution in [0, 0.1) is 10.1 Å². The first kappa shape index (κ1) is 22.2. The summed E-state index contributed by atoms with van der Waals surface area (Å²) in [6.07, 6.45) is 1.58. The molecular weight excluding hydrogens is 471 g/mol. The number of rotatable bonds is 6. The van der Waals surface area contributed by atoms with Crippen LogP contribution in [0.3, 0.4) is 0 Å². The molecule has 1 amide bonds. The monoisotopic (exact) mass is 484 g/mol. The maximum Gasteiger partial charge on any atom is 0.271 e. The van der Waals surface area contributed by atoms with Crippen LogP contribution in [-0.2, 0) is 6.54 Å². The van der Waals surface area contributed by atoms with Gasteiger partial charge in [0.15, 0.2) is 0 Å². The van der Waals surface area contributed by atoms with Crippen LogP contribution in [0.4, 0.5) is 17.3 Å². The molecule has 0 aliphatic rings. The van der Waals surface area contributed by atoms with E-state index in [0.29, 0.717) is 16.4 Å². The molecule has 0 atom stereocenters. The van der Waals surface area contributed by atoms with Crippen molar-refractivity contribution in [3.8, 4) is 0 Å². The summed E-state index contributed by atoms with van der Waals surface area (Å²) < 4.78 is 0. The van der Waals surface area contributed by atoms with Crippen molar-refractivity contribution in [3.63, 3.8) is 0 Å². The first-order chi connectivity index (χ1) is 15.8. The number of anilines is 2. The van der Waals surface area contributed by atoms with Gasteiger partial charge in [0.1, 0.15) is 0 Å². The maximum atomic E-state index is 12.9. The second-order valence-electron chi connectivity index (χ2n) is 6.82. The van der Waals surface area contributed by atoms with Gasteiger partial charge in [0.05, 0.1) is 43.7 Å². The van der Waals surface area contributed by atoms with Gasteiger partial charge in [-0.2, -0.15) is 0 Å². The fourth-order valence-electron chi connectivity index (χ4n) is 3.04. The van der Waals surface area contributed by atoms with Crippen LogP contribution in [0.25, 0.3) is 10.9 Å². The van der Waals surface area contributed by atoms with Crippen LogP contribution < -0.4 is 16.2 Å². The lowest BCUT2D eigenvalue weighted by molar-refractivity contribution is -0.384. The highest BCUT2D eigenvalue weighted by molar-refractivity contribution is 6.42. The number of aromatic nitrogens is 3. The molecule has 2 aromatic heterocycles. The number of nitro groups is 1. The Morgan fingerprint density at radius 2 is 1.94 bits per heavy atom. The summed E-state index contributed by atoms with van der Waals surface area (Å²) in [6, 6.07) is 12.1. The Hall–Kier alpha value is -4.02. The van der Waals surface area contributed by atoms with Crippen molar-refractivity contribution in [1.29, 1.82) is 0 Å². The molecule has 166 valence electrons. The van der Waals surface area contributed by atoms with Gasteiger partial charge in [0.2, 0.25) is 5.95 Å². The van der Waals surface area contributed by atoms with E-state index in [1.54, 1.807) is 36.5 Å². The third-order valence-corrected chi connectivity index (χ3v) is 5.33. The number of aromatic amines is 1. The number of nitrogens with one attached hydrogen (secondary N) is 3. The Kier molecular flexibility index (Phi) is 6.20. The number of pyridine rings is 1. The van der Waals surface area contributed by atoms with Gasteiger partial charge in [-0.1, -0.05) is 29.3 Å². The normalized spacial score (nSPS) is 10.7. The van der Waals surface area contributed by atoms with Gasteiger partial charge in [-0.25, -0.2) is 4.98 Å². The van der Waals surface area contributed by atoms with Gasteiger partial charge in [-0.05, 0) is 30.3 Å². The summed E-state index contributed by atoms with van der Waals surface area (Å²) in [5.74, 6) is -0.633. The minimum atomic E-state index is -0.684. The number of benzene rings is 2. The SMILES string of the molecule is O=C(NCc1ccccn1)c1cc([N+](=O)[O-])cc2c(=O)[nH]c(Nc3ccc(Cl)c(Cl)c3)nc12. The van der Waals surface area contributed by atoms with Gasteiger partial charge < -0.3 is 10.6 Å². The molecule has 0 unspecified atom stereocenters. The fourth-order valence-corrected chi connectivity index (χ4v) is 3.34. The molecule has 0 saturated heterocycles. The minimum Gasteiger partial charge on any atom is -0.346 e. The number of amides is 1. The number of carbonyl (C=O) groups is 1. The van der Waals surface area contributed by atoms with Crippen LogP contribution in [0.15, 0.2) is 59.5 Å². The number of H-pyrrole nitrogens is 1. The number of carbonyl (C=O) groups excluding carboxylic acids is 1. The second-order valence-corrected chi connectivity index (χ2v) is 7.63. The molecule has 3 N–H and O–H groups in total. The smallest absolute Gasteiger partial charge is 0.271 e. The van der Waals surface area contributed by atoms with E-state index in [1.165, 1.54) is 6.07 Å². The zero-order valence-electron chi connectivity index (χ0n) is 16.6. The van der Waals surface area contributed by atoms with E-state index < -0.39 is 22.1 Å². The van der Waals surface area contributed by atoms with Crippen LogP contribution in [0.2, 0.25) is 10.0 Å². The predicted molar refractivity (Wildman–Crippen MR) is 124 cm³/mol. The molecule has 0 aliphatic heterocycles. The van der Waals surface area contributed by atoms with Crippen molar-refractivity contribution in [2.45, 2.75) is 6.54 Å². The van der Waals surface area contributed by atoms with Gasteiger partial charge >= 0.3 is 0 Å². The van der Waals surface area contributed by atoms with Gasteiger partial charge in [0, 0.05) is 24.0 Å². The summed E-state index contributed by atoms with van der Waals surface area (Å²) in [5, 5.41) is 17.4. The molecule has 4 aromatic rings. The Morgan fingerprint density at radius 3 is 2.64 bits per heavy atom. The molecule has 0 bridgehead atoms. The minimum absolute atomic E-state index is 0.00886. The van der Waals surface area contributed by atoms with E-state index in [-0.39, 0.29) is 34.0 Å². The Labute approximate surface area is 195 Å². The Morgan fingerprint density at radius 1 is 1.12 bits per heavy atom. The zero-order valence-corrected chi connectivity index (χ0v) is 18.1. The van der Waals surface area contributed by atoms with Crippen LogP contribution in [0.5, 0.6) is 0 Å². The van der Waals surface area contributed by atoms with E-state index in [2.05, 4.69) is 25.6 Å². The highest BCUT2D eigenvalue weighted by atomic mass is 35.5. The summed E-state index contributed by atoms with van der Waals surface area (Å²) in [5.41, 5.74) is -0.139. The fraction of sp³-hybridized carbons (Fsp3) is 0.0476. The van der Waals surface area contributed by atoms with Gasteiger partial charge in [0.25, 0.3) is 17.2 Å². The van der Waals surface area contributed by atoms with E-state index in [9.17, 15) is 19.7 Å². The summed E-state index contributed by atoms with van der Waals surface area (Å²) in [4.78, 5) is 47.2. The van der Waals surface area contributed by atoms with Gasteiger partial charge in [-0.15, -0.1) is 0 Å². The highest BCUT2D eigenvalue weighted by Crippen LogP contribution is 2.27. The number of nitrogens with zero attached hydrogens (tertiary/aromatic N) is 3. The second kappa shape index (κ2) is 9.23. The van der Waals surface area contributed by atoms with Gasteiger partial charge in [-0.3, -0.25) is 29.7 Å². The molecule has 0 saturated carbocycles. The maximum absolute atomic E-state index is 12.9. The van der Waals surface area contributed by atoms with E-state index in [0.717, 1.165) is 12.1 Å². The molecule has 2 aromatic carbocycles. The van der Waals surface area contributed by atoms with Crippen molar-refractivity contribution in [2.75, 3.05) is 5.32 Å². The van der Waals surface area contributed by atoms with Crippen LogP contribution in [-0.4, -0.2) is 25.8 Å². The van der Waals surface area contributed by atoms with Crippen molar-refractivity contribution < 1.29 is 9.72 Å². The lowest BCUT2D eigenvalue weighted by Crippen LogP contribution is -2.24. The van der Waals surface area contributed by atoms with E-state index in [1.807, 2.05) is 0 Å². The quantitative estimate of drug-likeness (QED) is 0.274. The first-order valence-corrected chi connectivity index (χ1v) is 10.2. The molecule has 4 rings (SSSR count). The number of fused-ring (bicyclic) bond motifs is 1. The van der Waals surface area contributed by atoms with E-state index >= 15 is 0 Å². The molecule has 0 fully saturated rings. The molecular formula is C21H14Cl2N6O4. The largest absolute Gasteiger partial charge is 0.346 e. The molecule has 0 spiro atoms. The molecule has 12 heteroatoms. The number of nitro benzene ring substituents is 1. The zero-order chi connectivity index (χ0) is 23.5. The van der Waals surface area contributed by atoms with Crippen molar-refractivity contribution in [2.24, 2.45) is 0 Å².